The van der Waals surface area contributed by atoms with Crippen molar-refractivity contribution in [1.82, 2.24) is 0 Å². The molecular formula is C16H17ClFN. The molecule has 0 saturated heterocycles. The minimum Gasteiger partial charge on any atom is -0.381 e. The lowest BCUT2D eigenvalue weighted by Gasteiger charge is -2.08. The van der Waals surface area contributed by atoms with E-state index >= 15 is 0 Å². The molecule has 0 aliphatic heterocycles. The predicted molar refractivity (Wildman–Crippen MR) is 79.2 cm³/mol. The molecule has 2 aromatic rings. The van der Waals surface area contributed by atoms with Gasteiger partial charge in [0.2, 0.25) is 0 Å². The zero-order valence-electron chi connectivity index (χ0n) is 10.9. The molecule has 0 unspecified atom stereocenters. The van der Waals surface area contributed by atoms with E-state index < -0.39 is 0 Å². The molecule has 0 saturated carbocycles. The van der Waals surface area contributed by atoms with Crippen LogP contribution in [-0.4, -0.2) is 0 Å². The van der Waals surface area contributed by atoms with Crippen LogP contribution in [0.2, 0.25) is 5.02 Å². The second-order valence-electron chi connectivity index (χ2n) is 4.58. The Labute approximate surface area is 118 Å². The molecular weight excluding hydrogens is 261 g/mol. The maximum atomic E-state index is 13.2. The van der Waals surface area contributed by atoms with Gasteiger partial charge in [-0.1, -0.05) is 37.1 Å². The van der Waals surface area contributed by atoms with Crippen molar-refractivity contribution in [2.24, 2.45) is 0 Å². The smallest absolute Gasteiger partial charge is 0.125 e. The molecule has 3 heteroatoms. The summed E-state index contributed by atoms with van der Waals surface area (Å²) < 4.78 is 13.2. The fourth-order valence-electron chi connectivity index (χ4n) is 2.00. The largest absolute Gasteiger partial charge is 0.381 e. The Morgan fingerprint density at radius 3 is 2.42 bits per heavy atom. The first-order chi connectivity index (χ1) is 9.17. The number of nitrogens with one attached hydrogen (secondary N) is 1. The maximum Gasteiger partial charge on any atom is 0.125 e. The zero-order chi connectivity index (χ0) is 13.7. The summed E-state index contributed by atoms with van der Waals surface area (Å²) in [7, 11) is 0. The Kier molecular flexibility index (Phi) is 4.80. The van der Waals surface area contributed by atoms with E-state index in [0.29, 0.717) is 11.6 Å². The summed E-state index contributed by atoms with van der Waals surface area (Å²) in [4.78, 5) is 0. The van der Waals surface area contributed by atoms with E-state index in [0.717, 1.165) is 24.1 Å². The first kappa shape index (κ1) is 13.9. The summed E-state index contributed by atoms with van der Waals surface area (Å²) >= 11 is 5.82. The van der Waals surface area contributed by atoms with Crippen molar-refractivity contribution in [1.29, 1.82) is 0 Å². The Morgan fingerprint density at radius 2 is 1.79 bits per heavy atom. The maximum absolute atomic E-state index is 13.2. The van der Waals surface area contributed by atoms with Gasteiger partial charge in [-0.05, 0) is 47.9 Å². The van der Waals surface area contributed by atoms with Gasteiger partial charge in [-0.25, -0.2) is 4.39 Å². The SMILES string of the molecule is CCCc1ccc(NCc2cc(F)cc(Cl)c2)cc1. The molecule has 0 heterocycles. The normalized spacial score (nSPS) is 10.5. The molecule has 0 spiro atoms. The van der Waals surface area contributed by atoms with Crippen molar-refractivity contribution in [2.45, 2.75) is 26.3 Å². The molecule has 0 atom stereocenters. The van der Waals surface area contributed by atoms with E-state index in [1.165, 1.54) is 17.7 Å². The van der Waals surface area contributed by atoms with Gasteiger partial charge in [0.05, 0.1) is 0 Å². The Morgan fingerprint density at radius 1 is 1.05 bits per heavy atom. The second kappa shape index (κ2) is 6.58. The number of rotatable bonds is 5. The molecule has 2 rings (SSSR count). The number of hydrogen-bond donors (Lipinski definition) is 1. The van der Waals surface area contributed by atoms with E-state index in [1.54, 1.807) is 6.07 Å². The van der Waals surface area contributed by atoms with Crippen LogP contribution in [0.25, 0.3) is 0 Å². The van der Waals surface area contributed by atoms with Crippen molar-refractivity contribution in [2.75, 3.05) is 5.32 Å². The standard InChI is InChI=1S/C16H17ClFN/c1-2-3-12-4-6-16(7-5-12)19-11-13-8-14(17)10-15(18)9-13/h4-10,19H,2-3,11H2,1H3. The first-order valence-electron chi connectivity index (χ1n) is 6.45. The van der Waals surface area contributed by atoms with Crippen molar-refractivity contribution < 1.29 is 4.39 Å². The van der Waals surface area contributed by atoms with E-state index in [9.17, 15) is 4.39 Å². The van der Waals surface area contributed by atoms with Gasteiger partial charge in [0.25, 0.3) is 0 Å². The van der Waals surface area contributed by atoms with Crippen LogP contribution in [0.5, 0.6) is 0 Å². The molecule has 0 radical (unpaired) electrons. The molecule has 1 nitrogen and oxygen atoms in total. The molecule has 100 valence electrons. The molecule has 0 amide bonds. The van der Waals surface area contributed by atoms with Crippen LogP contribution in [0.3, 0.4) is 0 Å². The van der Waals surface area contributed by atoms with E-state index in [2.05, 4.69) is 24.4 Å². The molecule has 19 heavy (non-hydrogen) atoms. The molecule has 0 aliphatic rings. The summed E-state index contributed by atoms with van der Waals surface area (Å²) in [6, 6.07) is 12.9. The van der Waals surface area contributed by atoms with Gasteiger partial charge in [0.1, 0.15) is 5.82 Å². The number of hydrogen-bond acceptors (Lipinski definition) is 1. The van der Waals surface area contributed by atoms with E-state index in [4.69, 9.17) is 11.6 Å². The zero-order valence-corrected chi connectivity index (χ0v) is 11.7. The summed E-state index contributed by atoms with van der Waals surface area (Å²) in [6.45, 7) is 2.73. The molecule has 0 fully saturated rings. The molecule has 0 aromatic heterocycles. The fourth-order valence-corrected chi connectivity index (χ4v) is 2.24. The summed E-state index contributed by atoms with van der Waals surface area (Å²) in [5.74, 6) is -0.303. The Balaban J connectivity index is 1.98. The summed E-state index contributed by atoms with van der Waals surface area (Å²) in [6.07, 6.45) is 2.24. The van der Waals surface area contributed by atoms with Crippen LogP contribution in [0.1, 0.15) is 24.5 Å². The van der Waals surface area contributed by atoms with Crippen LogP contribution in [-0.2, 0) is 13.0 Å². The van der Waals surface area contributed by atoms with E-state index in [-0.39, 0.29) is 5.82 Å². The van der Waals surface area contributed by atoms with Crippen LogP contribution in [0.15, 0.2) is 42.5 Å². The van der Waals surface area contributed by atoms with Crippen molar-refractivity contribution in [3.8, 4) is 0 Å². The molecule has 2 aromatic carbocycles. The summed E-state index contributed by atoms with van der Waals surface area (Å²) in [5, 5.41) is 3.69. The lowest BCUT2D eigenvalue weighted by molar-refractivity contribution is 0.626. The number of benzene rings is 2. The van der Waals surface area contributed by atoms with Crippen molar-refractivity contribution >= 4 is 17.3 Å². The Bertz CT molecular complexity index is 517. The number of anilines is 1. The monoisotopic (exact) mass is 277 g/mol. The molecule has 1 N–H and O–H groups in total. The highest BCUT2D eigenvalue weighted by atomic mass is 35.5. The molecule has 0 aliphatic carbocycles. The van der Waals surface area contributed by atoms with Crippen LogP contribution < -0.4 is 5.32 Å². The van der Waals surface area contributed by atoms with Crippen LogP contribution >= 0.6 is 11.6 Å². The predicted octanol–water partition coefficient (Wildman–Crippen LogP) is 5.04. The van der Waals surface area contributed by atoms with Gasteiger partial charge in [-0.3, -0.25) is 0 Å². The summed E-state index contributed by atoms with van der Waals surface area (Å²) in [5.41, 5.74) is 3.20. The van der Waals surface area contributed by atoms with Gasteiger partial charge in [-0.15, -0.1) is 0 Å². The van der Waals surface area contributed by atoms with E-state index in [1.807, 2.05) is 12.1 Å². The number of aryl methyl sites for hydroxylation is 1. The quantitative estimate of drug-likeness (QED) is 0.807. The van der Waals surface area contributed by atoms with Gasteiger partial charge in [-0.2, -0.15) is 0 Å². The first-order valence-corrected chi connectivity index (χ1v) is 6.83. The van der Waals surface area contributed by atoms with Crippen LogP contribution in [0.4, 0.5) is 10.1 Å². The number of halogens is 2. The average Bonchev–Trinajstić information content (AvgIpc) is 2.37. The molecule has 0 bridgehead atoms. The average molecular weight is 278 g/mol. The second-order valence-corrected chi connectivity index (χ2v) is 5.01. The highest BCUT2D eigenvalue weighted by Crippen LogP contribution is 2.16. The topological polar surface area (TPSA) is 12.0 Å². The third-order valence-electron chi connectivity index (χ3n) is 2.91. The van der Waals surface area contributed by atoms with Crippen LogP contribution in [0, 0.1) is 5.82 Å². The fraction of sp³-hybridized carbons (Fsp3) is 0.250. The van der Waals surface area contributed by atoms with Gasteiger partial charge < -0.3 is 5.32 Å². The third kappa shape index (κ3) is 4.25. The van der Waals surface area contributed by atoms with Gasteiger partial charge >= 0.3 is 0 Å². The van der Waals surface area contributed by atoms with Gasteiger partial charge in [0, 0.05) is 17.3 Å². The lowest BCUT2D eigenvalue weighted by atomic mass is 10.1. The lowest BCUT2D eigenvalue weighted by Crippen LogP contribution is -2.00. The van der Waals surface area contributed by atoms with Gasteiger partial charge in [0.15, 0.2) is 0 Å². The van der Waals surface area contributed by atoms with Crippen molar-refractivity contribution in [3.05, 3.63) is 64.4 Å². The highest BCUT2D eigenvalue weighted by molar-refractivity contribution is 6.30. The third-order valence-corrected chi connectivity index (χ3v) is 3.13. The minimum atomic E-state index is -0.303. The Hall–Kier alpha value is -1.54. The highest BCUT2D eigenvalue weighted by Gasteiger charge is 2.00. The van der Waals surface area contributed by atoms with Crippen molar-refractivity contribution in [3.63, 3.8) is 0 Å². The minimum absolute atomic E-state index is 0.303.